The maximum atomic E-state index is 14.3. The molecule has 2 saturated carbocycles. The monoisotopic (exact) mass is 862 g/mol. The van der Waals surface area contributed by atoms with Gasteiger partial charge >= 0.3 is 12.2 Å². The van der Waals surface area contributed by atoms with Gasteiger partial charge < -0.3 is 44.6 Å². The molecule has 324 valence electrons. The minimum Gasteiger partial charge on any atom is -0.453 e. The summed E-state index contributed by atoms with van der Waals surface area (Å²) in [6, 6.07) is 17.1. The zero-order valence-electron chi connectivity index (χ0n) is 35.2. The number of aromatic nitrogens is 4. The van der Waals surface area contributed by atoms with E-state index in [2.05, 4.69) is 63.1 Å². The highest BCUT2D eigenvalue weighted by atomic mass is 35.5. The summed E-state index contributed by atoms with van der Waals surface area (Å²) in [6.45, 7) is 4.93. The van der Waals surface area contributed by atoms with Crippen LogP contribution in [0.2, 0.25) is 5.15 Å². The van der Waals surface area contributed by atoms with E-state index in [-0.39, 0.29) is 47.8 Å². The average molecular weight is 863 g/mol. The van der Waals surface area contributed by atoms with Crippen molar-refractivity contribution in [3.05, 3.63) is 71.4 Å². The maximum absolute atomic E-state index is 14.3. The molecule has 5 aliphatic rings. The van der Waals surface area contributed by atoms with Gasteiger partial charge in [0.1, 0.15) is 23.7 Å². The number of amides is 4. The summed E-state index contributed by atoms with van der Waals surface area (Å²) in [6.07, 6.45) is 3.66. The first-order valence-corrected chi connectivity index (χ1v) is 22.1. The van der Waals surface area contributed by atoms with Gasteiger partial charge in [0.05, 0.1) is 43.0 Å². The lowest BCUT2D eigenvalue weighted by Crippen LogP contribution is -2.54. The van der Waals surface area contributed by atoms with Gasteiger partial charge in [-0.2, -0.15) is 0 Å². The second-order valence-electron chi connectivity index (χ2n) is 18.0. The Morgan fingerprint density at radius 2 is 1.32 bits per heavy atom. The summed E-state index contributed by atoms with van der Waals surface area (Å²) in [5, 5.41) is 8.01. The molecule has 3 saturated heterocycles. The fourth-order valence-corrected chi connectivity index (χ4v) is 10.6. The number of likely N-dealkylation sites (tertiary alicyclic amines) is 2. The lowest BCUT2D eigenvalue weighted by molar-refractivity contribution is -0.138. The summed E-state index contributed by atoms with van der Waals surface area (Å²) < 4.78 is 15.3. The molecule has 62 heavy (non-hydrogen) atoms. The zero-order valence-corrected chi connectivity index (χ0v) is 35.9. The number of alkyl carbamates (subject to hydrolysis) is 2. The second-order valence-corrected chi connectivity index (χ2v) is 18.3. The lowest BCUT2D eigenvalue weighted by atomic mass is 9.90. The van der Waals surface area contributed by atoms with Gasteiger partial charge in [-0.1, -0.05) is 55.8 Å². The summed E-state index contributed by atoms with van der Waals surface area (Å²) in [7, 11) is 2.61. The average Bonchev–Trinajstić information content (AvgIpc) is 3.97. The number of carbonyl (C=O) groups excluding carboxylic acids is 4. The van der Waals surface area contributed by atoms with Crippen LogP contribution in [0.4, 0.5) is 9.59 Å². The molecule has 16 heteroatoms. The molecule has 15 nitrogen and oxygen atoms in total. The number of benzene rings is 3. The lowest BCUT2D eigenvalue weighted by Gasteiger charge is -2.35. The number of halogens is 1. The molecule has 4 N–H and O–H groups in total. The Balaban J connectivity index is 0.872. The molecular formula is C46H51ClN8O7. The quantitative estimate of drug-likeness (QED) is 0.112. The first-order chi connectivity index (χ1) is 30.0. The molecule has 5 fully saturated rings. The molecule has 8 atom stereocenters. The summed E-state index contributed by atoms with van der Waals surface area (Å²) >= 11 is 6.81. The van der Waals surface area contributed by atoms with Crippen molar-refractivity contribution < 1.29 is 33.4 Å². The van der Waals surface area contributed by atoms with Crippen LogP contribution in [-0.2, 0) is 23.8 Å². The van der Waals surface area contributed by atoms with Crippen molar-refractivity contribution in [2.45, 2.75) is 88.6 Å². The number of imidazole rings is 2. The highest BCUT2D eigenvalue weighted by Gasteiger charge is 2.58. The molecule has 0 bridgehead atoms. The van der Waals surface area contributed by atoms with E-state index in [9.17, 15) is 19.2 Å². The van der Waals surface area contributed by atoms with Crippen LogP contribution in [-0.4, -0.2) is 105 Å². The fourth-order valence-electron chi connectivity index (χ4n) is 10.3. The van der Waals surface area contributed by atoms with Crippen LogP contribution < -0.4 is 10.6 Å². The van der Waals surface area contributed by atoms with Crippen LogP contribution in [0, 0.1) is 23.7 Å². The molecule has 0 spiro atoms. The second kappa shape index (κ2) is 15.9. The molecule has 0 unspecified atom stereocenters. The molecule has 3 aliphatic heterocycles. The van der Waals surface area contributed by atoms with Crippen LogP contribution >= 0.6 is 11.6 Å². The van der Waals surface area contributed by atoms with Crippen LogP contribution in [0.15, 0.2) is 54.6 Å². The number of nitrogens with zero attached hydrogens (tertiary/aromatic N) is 4. The number of hydrogen-bond donors (Lipinski definition) is 4. The Morgan fingerprint density at radius 1 is 0.742 bits per heavy atom. The minimum absolute atomic E-state index is 0.0309. The number of methoxy groups -OCH3 is 2. The van der Waals surface area contributed by atoms with E-state index in [1.54, 1.807) is 0 Å². The van der Waals surface area contributed by atoms with Gasteiger partial charge in [0.15, 0.2) is 5.15 Å². The standard InChI is InChI=1S/C46H51ClN8O7/c1-22(2)37(51-45(58)60-3)43(56)54-33-18-30(33)21-36(54)42-50-38(40(47)53-42)28-8-7-24-15-25(5-6-26(24)16-28)27-9-10-31-32(17-27)49-41(48-31)35-20-29-19-34(29)55(35)44(57)39(52-46(59)61-4)23-11-13-62-14-12-23/h5-10,15-17,22-23,29-30,33-37,39H,11-14,18-21H2,1-4H3,(H,48,49)(H,50,53)(H,51,58)(H,52,59)/t29-,30-,33-,34-,35+,36+,37+,39+/m1/s1. The summed E-state index contributed by atoms with van der Waals surface area (Å²) in [4.78, 5) is 73.4. The third kappa shape index (κ3) is 7.32. The molecule has 10 rings (SSSR count). The predicted octanol–water partition coefficient (Wildman–Crippen LogP) is 7.28. The molecule has 2 aliphatic carbocycles. The van der Waals surface area contributed by atoms with Crippen LogP contribution in [0.5, 0.6) is 0 Å². The van der Waals surface area contributed by atoms with Crippen molar-refractivity contribution in [3.8, 4) is 22.4 Å². The van der Waals surface area contributed by atoms with Crippen molar-refractivity contribution in [1.82, 2.24) is 40.4 Å². The van der Waals surface area contributed by atoms with Gasteiger partial charge in [0.2, 0.25) is 11.8 Å². The zero-order chi connectivity index (χ0) is 43.0. The van der Waals surface area contributed by atoms with Gasteiger partial charge in [-0.15, -0.1) is 0 Å². The molecule has 2 aromatic heterocycles. The van der Waals surface area contributed by atoms with Gasteiger partial charge in [-0.25, -0.2) is 19.6 Å². The highest BCUT2D eigenvalue weighted by Crippen LogP contribution is 2.55. The number of ether oxygens (including phenoxy) is 3. The van der Waals surface area contributed by atoms with E-state index >= 15 is 0 Å². The number of fused-ring (bicyclic) bond motifs is 4. The number of rotatable bonds is 10. The van der Waals surface area contributed by atoms with Gasteiger partial charge in [0, 0.05) is 30.9 Å². The number of hydrogen-bond acceptors (Lipinski definition) is 9. The fraction of sp³-hybridized carbons (Fsp3) is 0.478. The van der Waals surface area contributed by atoms with Crippen LogP contribution in [0.3, 0.4) is 0 Å². The van der Waals surface area contributed by atoms with Crippen LogP contribution in [0.1, 0.15) is 76.1 Å². The topological polar surface area (TPSA) is 184 Å². The van der Waals surface area contributed by atoms with Crippen molar-refractivity contribution in [1.29, 1.82) is 0 Å². The molecule has 4 amide bonds. The van der Waals surface area contributed by atoms with Gasteiger partial charge in [-0.05, 0) is 108 Å². The van der Waals surface area contributed by atoms with E-state index in [4.69, 9.17) is 35.8 Å². The number of carbonyl (C=O) groups is 4. The highest BCUT2D eigenvalue weighted by molar-refractivity contribution is 6.32. The van der Waals surface area contributed by atoms with Crippen molar-refractivity contribution in [3.63, 3.8) is 0 Å². The van der Waals surface area contributed by atoms with Gasteiger partial charge in [-0.3, -0.25) is 9.59 Å². The molecule has 5 aromatic rings. The molecule has 0 radical (unpaired) electrons. The largest absolute Gasteiger partial charge is 0.453 e. The maximum Gasteiger partial charge on any atom is 0.407 e. The molecule has 5 heterocycles. The number of nitrogens with one attached hydrogen (secondary N) is 4. The number of H-pyrrole nitrogens is 2. The Labute approximate surface area is 363 Å². The van der Waals surface area contributed by atoms with Gasteiger partial charge in [0.25, 0.3) is 0 Å². The first kappa shape index (κ1) is 40.4. The third-order valence-electron chi connectivity index (χ3n) is 13.8. The van der Waals surface area contributed by atoms with E-state index in [0.717, 1.165) is 70.0 Å². The Morgan fingerprint density at radius 3 is 1.98 bits per heavy atom. The van der Waals surface area contributed by atoms with E-state index in [1.165, 1.54) is 14.2 Å². The van der Waals surface area contributed by atoms with E-state index in [1.807, 2.05) is 35.8 Å². The van der Waals surface area contributed by atoms with Crippen LogP contribution in [0.25, 0.3) is 44.2 Å². The minimum atomic E-state index is -0.719. The predicted molar refractivity (Wildman–Crippen MR) is 231 cm³/mol. The molecule has 3 aromatic carbocycles. The Hall–Kier alpha value is -5.67. The normalized spacial score (nSPS) is 25.1. The molecular weight excluding hydrogens is 812 g/mol. The Kier molecular flexibility index (Phi) is 10.4. The smallest absolute Gasteiger partial charge is 0.407 e. The van der Waals surface area contributed by atoms with Crippen molar-refractivity contribution >= 4 is 57.4 Å². The Bertz CT molecular complexity index is 2590. The first-order valence-electron chi connectivity index (χ1n) is 21.7. The van der Waals surface area contributed by atoms with Crippen molar-refractivity contribution in [2.24, 2.45) is 23.7 Å². The van der Waals surface area contributed by atoms with Crippen molar-refractivity contribution in [2.75, 3.05) is 27.4 Å². The number of aromatic amines is 2. The SMILES string of the molecule is COC(=O)N[C@H](C(=O)N1[C@@H]2C[C@@H]2C[C@H]1c1nc(Cl)c(-c2ccc3cc(-c4ccc5nc([C@@H]6C[C@H]7C[C@H]7N6C(=O)[C@@H](NC(=O)OC)C6CCOCC6)[nH]c5c4)ccc3c2)[nH]1)C(C)C. The number of piperidine rings is 2. The summed E-state index contributed by atoms with van der Waals surface area (Å²) in [5.41, 5.74) is 5.35. The third-order valence-corrected chi connectivity index (χ3v) is 14.1. The van der Waals surface area contributed by atoms with E-state index < -0.39 is 24.3 Å². The van der Waals surface area contributed by atoms with E-state index in [0.29, 0.717) is 54.6 Å². The summed E-state index contributed by atoms with van der Waals surface area (Å²) in [5.74, 6) is 1.83.